The van der Waals surface area contributed by atoms with E-state index in [1.807, 2.05) is 38.1 Å². The summed E-state index contributed by atoms with van der Waals surface area (Å²) in [5.74, 6) is 0.529. The van der Waals surface area contributed by atoms with Crippen molar-refractivity contribution in [3.63, 3.8) is 0 Å². The van der Waals surface area contributed by atoms with Crippen molar-refractivity contribution >= 4 is 29.9 Å². The molecule has 0 amide bonds. The van der Waals surface area contributed by atoms with Crippen molar-refractivity contribution in [3.05, 3.63) is 65.2 Å². The molecule has 6 nitrogen and oxygen atoms in total. The Balaban J connectivity index is 0.00000320. The number of guanidine groups is 1. The lowest BCUT2D eigenvalue weighted by atomic mass is 10.0. The number of nitrogens with zero attached hydrogens (tertiary/aromatic N) is 3. The van der Waals surface area contributed by atoms with Crippen LogP contribution in [-0.4, -0.2) is 55.2 Å². The van der Waals surface area contributed by atoms with Crippen LogP contribution in [-0.2, 0) is 11.3 Å². The summed E-state index contributed by atoms with van der Waals surface area (Å²) in [6.07, 6.45) is 1.79. The number of hydrogen-bond acceptors (Lipinski definition) is 4. The maximum atomic E-state index is 13.4. The summed E-state index contributed by atoms with van der Waals surface area (Å²) in [6, 6.07) is 10.8. The second kappa shape index (κ2) is 12.8. The molecular formula is C22H31FIN5O. The molecule has 1 saturated heterocycles. The Kier molecular flexibility index (Phi) is 10.5. The van der Waals surface area contributed by atoms with Gasteiger partial charge < -0.3 is 15.4 Å². The van der Waals surface area contributed by atoms with Gasteiger partial charge in [-0.2, -0.15) is 0 Å². The molecule has 0 saturated carbocycles. The largest absolute Gasteiger partial charge is 0.379 e. The molecule has 2 aromatic rings. The van der Waals surface area contributed by atoms with Crippen molar-refractivity contribution in [2.75, 3.05) is 39.4 Å². The molecule has 0 bridgehead atoms. The lowest BCUT2D eigenvalue weighted by Crippen LogP contribution is -2.46. The summed E-state index contributed by atoms with van der Waals surface area (Å²) in [5.41, 5.74) is 3.18. The van der Waals surface area contributed by atoms with Gasteiger partial charge in [-0.25, -0.2) is 9.38 Å². The molecule has 1 unspecified atom stereocenters. The molecule has 0 spiro atoms. The van der Waals surface area contributed by atoms with Gasteiger partial charge in [-0.1, -0.05) is 18.2 Å². The van der Waals surface area contributed by atoms with Gasteiger partial charge in [0, 0.05) is 32.4 Å². The smallest absolute Gasteiger partial charge is 0.191 e. The van der Waals surface area contributed by atoms with Gasteiger partial charge in [0.15, 0.2) is 5.96 Å². The highest BCUT2D eigenvalue weighted by Crippen LogP contribution is 2.21. The minimum Gasteiger partial charge on any atom is -0.379 e. The zero-order valence-electron chi connectivity index (χ0n) is 17.6. The van der Waals surface area contributed by atoms with Crippen LogP contribution in [0.15, 0.2) is 47.6 Å². The van der Waals surface area contributed by atoms with E-state index in [0.29, 0.717) is 26.3 Å². The Bertz CT molecular complexity index is 796. The highest BCUT2D eigenvalue weighted by molar-refractivity contribution is 14.0. The van der Waals surface area contributed by atoms with Crippen molar-refractivity contribution in [3.8, 4) is 0 Å². The predicted molar refractivity (Wildman–Crippen MR) is 129 cm³/mol. The molecule has 1 aromatic carbocycles. The van der Waals surface area contributed by atoms with Gasteiger partial charge in [0.25, 0.3) is 0 Å². The maximum Gasteiger partial charge on any atom is 0.191 e. The van der Waals surface area contributed by atoms with Gasteiger partial charge in [-0.05, 0) is 43.2 Å². The summed E-state index contributed by atoms with van der Waals surface area (Å²) in [7, 11) is 0. The third-order valence-electron chi connectivity index (χ3n) is 5.05. The van der Waals surface area contributed by atoms with Crippen LogP contribution >= 0.6 is 24.0 Å². The van der Waals surface area contributed by atoms with Crippen LogP contribution in [0.1, 0.15) is 29.8 Å². The van der Waals surface area contributed by atoms with E-state index in [2.05, 4.69) is 20.5 Å². The molecule has 30 heavy (non-hydrogen) atoms. The summed E-state index contributed by atoms with van der Waals surface area (Å²) in [6.45, 7) is 9.17. The van der Waals surface area contributed by atoms with Crippen molar-refractivity contribution < 1.29 is 9.13 Å². The number of aliphatic imine (C=N–C) groups is 1. The van der Waals surface area contributed by atoms with Crippen molar-refractivity contribution in [1.29, 1.82) is 0 Å². The fraction of sp³-hybridized carbons (Fsp3) is 0.455. The number of nitrogens with one attached hydrogen (secondary N) is 2. The van der Waals surface area contributed by atoms with Crippen LogP contribution in [0, 0.1) is 12.7 Å². The predicted octanol–water partition coefficient (Wildman–Crippen LogP) is 3.28. The Morgan fingerprint density at radius 1 is 1.20 bits per heavy atom. The Morgan fingerprint density at radius 2 is 1.93 bits per heavy atom. The molecule has 1 aliphatic rings. The number of ether oxygens (including phenoxy) is 1. The van der Waals surface area contributed by atoms with Crippen molar-refractivity contribution in [2.24, 2.45) is 4.99 Å². The Morgan fingerprint density at radius 3 is 2.60 bits per heavy atom. The van der Waals surface area contributed by atoms with Crippen molar-refractivity contribution in [1.82, 2.24) is 20.5 Å². The van der Waals surface area contributed by atoms with E-state index in [1.54, 1.807) is 6.20 Å². The first-order chi connectivity index (χ1) is 14.2. The SMILES string of the molecule is CCNC(=NCc1ncccc1C)NCC(c1ccc(F)cc1)N1CCOCC1.I. The van der Waals surface area contributed by atoms with Gasteiger partial charge in [0.1, 0.15) is 5.82 Å². The van der Waals surface area contributed by atoms with Gasteiger partial charge >= 0.3 is 0 Å². The molecule has 1 atom stereocenters. The molecule has 8 heteroatoms. The van der Waals surface area contributed by atoms with Crippen LogP contribution in [0.3, 0.4) is 0 Å². The number of benzene rings is 1. The first-order valence-electron chi connectivity index (χ1n) is 10.2. The van der Waals surface area contributed by atoms with E-state index < -0.39 is 0 Å². The summed E-state index contributed by atoms with van der Waals surface area (Å²) >= 11 is 0. The van der Waals surface area contributed by atoms with Crippen LogP contribution in [0.4, 0.5) is 4.39 Å². The minimum absolute atomic E-state index is 0. The number of rotatable bonds is 7. The van der Waals surface area contributed by atoms with E-state index in [4.69, 9.17) is 9.73 Å². The third-order valence-corrected chi connectivity index (χ3v) is 5.05. The van der Waals surface area contributed by atoms with E-state index in [0.717, 1.165) is 42.4 Å². The van der Waals surface area contributed by atoms with Gasteiger partial charge in [-0.3, -0.25) is 9.88 Å². The van der Waals surface area contributed by atoms with E-state index in [9.17, 15) is 4.39 Å². The zero-order valence-corrected chi connectivity index (χ0v) is 19.9. The van der Waals surface area contributed by atoms with Crippen molar-refractivity contribution in [2.45, 2.75) is 26.4 Å². The molecule has 164 valence electrons. The number of aromatic nitrogens is 1. The molecular weight excluding hydrogens is 496 g/mol. The average Bonchev–Trinajstić information content (AvgIpc) is 2.75. The zero-order chi connectivity index (χ0) is 20.5. The third kappa shape index (κ3) is 7.17. The topological polar surface area (TPSA) is 61.8 Å². The first-order valence-corrected chi connectivity index (χ1v) is 10.2. The first kappa shape index (κ1) is 24.5. The second-order valence-electron chi connectivity index (χ2n) is 7.06. The lowest BCUT2D eigenvalue weighted by Gasteiger charge is -2.35. The number of aryl methyl sites for hydroxylation is 1. The molecule has 1 fully saturated rings. The maximum absolute atomic E-state index is 13.4. The fourth-order valence-corrected chi connectivity index (χ4v) is 3.40. The molecule has 2 N–H and O–H groups in total. The number of halogens is 2. The monoisotopic (exact) mass is 527 g/mol. The van der Waals surface area contributed by atoms with Crippen LogP contribution in [0.5, 0.6) is 0 Å². The number of pyridine rings is 1. The van der Waals surface area contributed by atoms with Crippen LogP contribution < -0.4 is 10.6 Å². The Hall–Kier alpha value is -1.78. The summed E-state index contributed by atoms with van der Waals surface area (Å²) < 4.78 is 18.9. The number of hydrogen-bond donors (Lipinski definition) is 2. The van der Waals surface area contributed by atoms with Gasteiger partial charge in [-0.15, -0.1) is 24.0 Å². The number of morpholine rings is 1. The van der Waals surface area contributed by atoms with E-state index in [1.165, 1.54) is 12.1 Å². The van der Waals surface area contributed by atoms with E-state index in [-0.39, 0.29) is 35.8 Å². The molecule has 3 rings (SSSR count). The fourth-order valence-electron chi connectivity index (χ4n) is 3.40. The minimum atomic E-state index is -0.219. The van der Waals surface area contributed by atoms with E-state index >= 15 is 0 Å². The standard InChI is InChI=1S/C22H30FN5O.HI/c1-3-24-22(26-15-20-17(2)5-4-10-25-20)27-16-21(28-11-13-29-14-12-28)18-6-8-19(23)9-7-18;/h4-10,21H,3,11-16H2,1-2H3,(H2,24,26,27);1H. The summed E-state index contributed by atoms with van der Waals surface area (Å²) in [4.78, 5) is 11.5. The molecule has 0 aliphatic carbocycles. The Labute approximate surface area is 195 Å². The molecule has 1 aliphatic heterocycles. The lowest BCUT2D eigenvalue weighted by molar-refractivity contribution is 0.0170. The van der Waals surface area contributed by atoms with Gasteiger partial charge in [0.2, 0.25) is 0 Å². The quantitative estimate of drug-likeness (QED) is 0.329. The highest BCUT2D eigenvalue weighted by atomic mass is 127. The highest BCUT2D eigenvalue weighted by Gasteiger charge is 2.23. The molecule has 0 radical (unpaired) electrons. The molecule has 1 aromatic heterocycles. The van der Waals surface area contributed by atoms with Crippen LogP contribution in [0.25, 0.3) is 0 Å². The van der Waals surface area contributed by atoms with Crippen LogP contribution in [0.2, 0.25) is 0 Å². The normalized spacial score (nSPS) is 15.9. The summed E-state index contributed by atoms with van der Waals surface area (Å²) in [5, 5.41) is 6.75. The average molecular weight is 527 g/mol. The second-order valence-corrected chi connectivity index (χ2v) is 7.06. The van der Waals surface area contributed by atoms with Gasteiger partial charge in [0.05, 0.1) is 31.5 Å². The molecule has 2 heterocycles.